The zero-order chi connectivity index (χ0) is 15.1. The van der Waals surface area contributed by atoms with Crippen molar-refractivity contribution in [3.8, 4) is 0 Å². The molecule has 7 heteroatoms. The van der Waals surface area contributed by atoms with Gasteiger partial charge in [0.15, 0.2) is 0 Å². The van der Waals surface area contributed by atoms with Gasteiger partial charge in [0.1, 0.15) is 11.9 Å². The lowest BCUT2D eigenvalue weighted by Gasteiger charge is -2.12. The van der Waals surface area contributed by atoms with Crippen molar-refractivity contribution in [1.82, 2.24) is 5.32 Å². The lowest BCUT2D eigenvalue weighted by atomic mass is 10.2. The van der Waals surface area contributed by atoms with Gasteiger partial charge in [0.2, 0.25) is 5.91 Å². The molecule has 1 unspecified atom stereocenters. The van der Waals surface area contributed by atoms with Crippen molar-refractivity contribution in [2.45, 2.75) is 25.1 Å². The van der Waals surface area contributed by atoms with Crippen LogP contribution in [0.3, 0.4) is 0 Å². The van der Waals surface area contributed by atoms with Crippen LogP contribution in [0, 0.1) is 5.82 Å². The minimum absolute atomic E-state index is 0.0739. The SMILES string of the molecule is CC(=O)NC(CCSCc1cccc(Cl)c1F)C(=O)O. The second-order valence-corrected chi connectivity index (χ2v) is 5.66. The normalized spacial score (nSPS) is 11.9. The Kier molecular flexibility index (Phi) is 6.81. The van der Waals surface area contributed by atoms with Crippen LogP contribution in [0.15, 0.2) is 18.2 Å². The number of benzene rings is 1. The highest BCUT2D eigenvalue weighted by atomic mass is 35.5. The van der Waals surface area contributed by atoms with Crippen LogP contribution >= 0.6 is 23.4 Å². The van der Waals surface area contributed by atoms with E-state index >= 15 is 0 Å². The molecule has 0 fully saturated rings. The Balaban J connectivity index is 2.42. The molecule has 1 aromatic rings. The number of aliphatic carboxylic acids is 1. The van der Waals surface area contributed by atoms with Gasteiger partial charge >= 0.3 is 5.97 Å². The van der Waals surface area contributed by atoms with Crippen molar-refractivity contribution in [1.29, 1.82) is 0 Å². The summed E-state index contributed by atoms with van der Waals surface area (Å²) in [4.78, 5) is 21.7. The monoisotopic (exact) mass is 319 g/mol. The Morgan fingerprint density at radius 3 is 2.80 bits per heavy atom. The van der Waals surface area contributed by atoms with E-state index in [1.807, 2.05) is 0 Å². The summed E-state index contributed by atoms with van der Waals surface area (Å²) in [5.41, 5.74) is 0.480. The predicted octanol–water partition coefficient (Wildman–Crippen LogP) is 2.69. The third kappa shape index (κ3) is 5.38. The molecule has 1 atom stereocenters. The highest BCUT2D eigenvalue weighted by Gasteiger charge is 2.17. The molecule has 1 rings (SSSR count). The first kappa shape index (κ1) is 16.8. The number of carboxylic acid groups (broad SMARTS) is 1. The van der Waals surface area contributed by atoms with E-state index in [2.05, 4.69) is 5.32 Å². The molecule has 0 bridgehead atoms. The first-order chi connectivity index (χ1) is 9.41. The van der Waals surface area contributed by atoms with Gasteiger partial charge < -0.3 is 10.4 Å². The minimum Gasteiger partial charge on any atom is -0.480 e. The Hall–Kier alpha value is -1.27. The van der Waals surface area contributed by atoms with Gasteiger partial charge in [-0.25, -0.2) is 9.18 Å². The summed E-state index contributed by atoms with van der Waals surface area (Å²) in [6, 6.07) is 3.86. The van der Waals surface area contributed by atoms with Crippen LogP contribution in [-0.4, -0.2) is 28.8 Å². The molecule has 0 spiro atoms. The molecule has 20 heavy (non-hydrogen) atoms. The molecular formula is C13H15ClFNO3S. The third-order valence-electron chi connectivity index (χ3n) is 2.52. The summed E-state index contributed by atoms with van der Waals surface area (Å²) in [6.07, 6.45) is 0.280. The number of thioether (sulfide) groups is 1. The second-order valence-electron chi connectivity index (χ2n) is 4.15. The van der Waals surface area contributed by atoms with E-state index in [4.69, 9.17) is 16.7 Å². The summed E-state index contributed by atoms with van der Waals surface area (Å²) < 4.78 is 13.6. The number of hydrogen-bond donors (Lipinski definition) is 2. The molecule has 0 saturated heterocycles. The Labute approximate surface area is 125 Å². The van der Waals surface area contributed by atoms with Crippen molar-refractivity contribution in [3.63, 3.8) is 0 Å². The topological polar surface area (TPSA) is 66.4 Å². The Morgan fingerprint density at radius 1 is 1.50 bits per heavy atom. The van der Waals surface area contributed by atoms with Crippen molar-refractivity contribution in [2.24, 2.45) is 0 Å². The van der Waals surface area contributed by atoms with Crippen LogP contribution in [0.25, 0.3) is 0 Å². The summed E-state index contributed by atoms with van der Waals surface area (Å²) in [5, 5.41) is 11.3. The number of rotatable bonds is 7. The molecule has 0 aliphatic carbocycles. The van der Waals surface area contributed by atoms with Crippen LogP contribution < -0.4 is 5.32 Å². The number of carbonyl (C=O) groups excluding carboxylic acids is 1. The zero-order valence-corrected chi connectivity index (χ0v) is 12.4. The van der Waals surface area contributed by atoms with E-state index in [0.717, 1.165) is 0 Å². The largest absolute Gasteiger partial charge is 0.480 e. The van der Waals surface area contributed by atoms with E-state index in [1.165, 1.54) is 24.8 Å². The van der Waals surface area contributed by atoms with E-state index in [-0.39, 0.29) is 17.4 Å². The fourth-order valence-electron chi connectivity index (χ4n) is 1.55. The summed E-state index contributed by atoms with van der Waals surface area (Å²) in [7, 11) is 0. The van der Waals surface area contributed by atoms with Crippen molar-refractivity contribution in [2.75, 3.05) is 5.75 Å². The fraction of sp³-hybridized carbons (Fsp3) is 0.385. The highest BCUT2D eigenvalue weighted by molar-refractivity contribution is 7.98. The van der Waals surface area contributed by atoms with Crippen LogP contribution in [-0.2, 0) is 15.3 Å². The molecule has 0 heterocycles. The van der Waals surface area contributed by atoms with Crippen molar-refractivity contribution >= 4 is 35.2 Å². The first-order valence-corrected chi connectivity index (χ1v) is 7.45. The lowest BCUT2D eigenvalue weighted by molar-refractivity contribution is -0.141. The molecule has 0 aromatic heterocycles. The standard InChI is InChI=1S/C13H15ClFNO3S/c1-8(17)16-11(13(18)19)5-6-20-7-9-3-2-4-10(14)12(9)15/h2-4,11H,5-7H2,1H3,(H,16,17)(H,18,19). The number of carboxylic acids is 1. The van der Waals surface area contributed by atoms with Gasteiger partial charge in [-0.1, -0.05) is 23.7 Å². The molecule has 0 aliphatic rings. The molecule has 4 nitrogen and oxygen atoms in total. The molecule has 1 amide bonds. The molecule has 110 valence electrons. The molecule has 0 saturated carbocycles. The third-order valence-corrected chi connectivity index (χ3v) is 3.85. The van der Waals surface area contributed by atoms with Gasteiger partial charge in [-0.05, 0) is 23.8 Å². The van der Waals surface area contributed by atoms with Crippen molar-refractivity contribution < 1.29 is 19.1 Å². The first-order valence-electron chi connectivity index (χ1n) is 5.92. The van der Waals surface area contributed by atoms with Crippen molar-refractivity contribution in [3.05, 3.63) is 34.6 Å². The number of halogens is 2. The maximum atomic E-state index is 13.6. The maximum Gasteiger partial charge on any atom is 0.326 e. The average Bonchev–Trinajstić information content (AvgIpc) is 2.37. The van der Waals surface area contributed by atoms with E-state index in [0.29, 0.717) is 17.1 Å². The molecular weight excluding hydrogens is 305 g/mol. The van der Waals surface area contributed by atoms with Gasteiger partial charge in [0, 0.05) is 12.7 Å². The van der Waals surface area contributed by atoms with E-state index in [9.17, 15) is 14.0 Å². The number of carbonyl (C=O) groups is 2. The van der Waals surface area contributed by atoms with E-state index in [1.54, 1.807) is 12.1 Å². The van der Waals surface area contributed by atoms with Crippen LogP contribution in [0.1, 0.15) is 18.9 Å². The molecule has 0 radical (unpaired) electrons. The summed E-state index contributed by atoms with van der Waals surface area (Å²) in [6.45, 7) is 1.27. The quantitative estimate of drug-likeness (QED) is 0.758. The highest BCUT2D eigenvalue weighted by Crippen LogP contribution is 2.22. The number of amides is 1. The van der Waals surface area contributed by atoms with Gasteiger partial charge in [-0.3, -0.25) is 4.79 Å². The molecule has 2 N–H and O–H groups in total. The minimum atomic E-state index is -1.07. The summed E-state index contributed by atoms with van der Waals surface area (Å²) in [5.74, 6) is -1.02. The Bertz CT molecular complexity index is 499. The zero-order valence-electron chi connectivity index (χ0n) is 10.9. The maximum absolute atomic E-state index is 13.6. The number of hydrogen-bond acceptors (Lipinski definition) is 3. The van der Waals surface area contributed by atoms with Gasteiger partial charge in [0.05, 0.1) is 5.02 Å². The summed E-state index contributed by atoms with van der Waals surface area (Å²) >= 11 is 7.06. The van der Waals surface area contributed by atoms with E-state index < -0.39 is 17.8 Å². The second kappa shape index (κ2) is 8.11. The van der Waals surface area contributed by atoms with Gasteiger partial charge in [-0.15, -0.1) is 0 Å². The van der Waals surface area contributed by atoms with Gasteiger partial charge in [-0.2, -0.15) is 11.8 Å². The Morgan fingerprint density at radius 2 is 2.20 bits per heavy atom. The van der Waals surface area contributed by atoms with Crippen LogP contribution in [0.4, 0.5) is 4.39 Å². The van der Waals surface area contributed by atoms with Crippen LogP contribution in [0.5, 0.6) is 0 Å². The lowest BCUT2D eigenvalue weighted by Crippen LogP contribution is -2.39. The average molecular weight is 320 g/mol. The fourth-order valence-corrected chi connectivity index (χ4v) is 2.73. The molecule has 0 aliphatic heterocycles. The predicted molar refractivity (Wildman–Crippen MR) is 77.4 cm³/mol. The number of nitrogens with one attached hydrogen (secondary N) is 1. The molecule has 1 aromatic carbocycles. The van der Waals surface area contributed by atoms with Gasteiger partial charge in [0.25, 0.3) is 0 Å². The smallest absolute Gasteiger partial charge is 0.326 e. The van der Waals surface area contributed by atoms with Crippen LogP contribution in [0.2, 0.25) is 5.02 Å².